The molecule has 3 aromatic rings. The summed E-state index contributed by atoms with van der Waals surface area (Å²) in [6.45, 7) is 2.11. The number of nitrogens with two attached hydrogens (primary N) is 1. The van der Waals surface area contributed by atoms with E-state index in [1.807, 2.05) is 0 Å². The highest BCUT2D eigenvalue weighted by Crippen LogP contribution is 2.35. The molecule has 0 aliphatic carbocycles. The van der Waals surface area contributed by atoms with Gasteiger partial charge >= 0.3 is 0 Å². The van der Waals surface area contributed by atoms with Gasteiger partial charge in [-0.05, 0) is 24.2 Å². The van der Waals surface area contributed by atoms with Crippen LogP contribution in [0.15, 0.2) is 33.2 Å². The summed E-state index contributed by atoms with van der Waals surface area (Å²) in [5.41, 5.74) is 5.72. The van der Waals surface area contributed by atoms with E-state index >= 15 is 0 Å². The lowest BCUT2D eigenvalue weighted by molar-refractivity contribution is 0.454. The number of aryl methyl sites for hydroxylation is 1. The second kappa shape index (κ2) is 4.58. The highest BCUT2D eigenvalue weighted by atomic mass is 32.2. The Morgan fingerprint density at radius 1 is 1.44 bits per heavy atom. The van der Waals surface area contributed by atoms with Crippen molar-refractivity contribution in [3.8, 4) is 0 Å². The van der Waals surface area contributed by atoms with Crippen molar-refractivity contribution in [2.45, 2.75) is 23.6 Å². The predicted octanol–water partition coefficient (Wildman–Crippen LogP) is 2.98. The van der Waals surface area contributed by atoms with Gasteiger partial charge in [0.1, 0.15) is 16.1 Å². The lowest BCUT2D eigenvalue weighted by Gasteiger charge is -1.99. The van der Waals surface area contributed by atoms with E-state index < -0.39 is 0 Å². The fraction of sp³-hybridized carbons (Fsp3) is 0.182. The molecule has 0 spiro atoms. The van der Waals surface area contributed by atoms with Crippen LogP contribution in [0.2, 0.25) is 0 Å². The summed E-state index contributed by atoms with van der Waals surface area (Å²) in [6, 6.07) is 2.10. The second-order valence-electron chi connectivity index (χ2n) is 3.57. The topological polar surface area (TPSA) is 77.8 Å². The first kappa shape index (κ1) is 11.5. The van der Waals surface area contributed by atoms with Crippen LogP contribution in [0, 0.1) is 0 Å². The minimum absolute atomic E-state index is 0.279. The number of oxazole rings is 1. The molecule has 0 fully saturated rings. The Morgan fingerprint density at radius 3 is 3.06 bits per heavy atom. The molecule has 3 heterocycles. The summed E-state index contributed by atoms with van der Waals surface area (Å²) in [6.07, 6.45) is 4.12. The highest BCUT2D eigenvalue weighted by Gasteiger charge is 2.13. The lowest BCUT2D eigenvalue weighted by Crippen LogP contribution is -1.95. The van der Waals surface area contributed by atoms with Gasteiger partial charge < -0.3 is 10.2 Å². The summed E-state index contributed by atoms with van der Waals surface area (Å²) < 4.78 is 5.21. The number of rotatable bonds is 3. The summed E-state index contributed by atoms with van der Waals surface area (Å²) in [5, 5.41) is 2.35. The monoisotopic (exact) mass is 278 g/mol. The van der Waals surface area contributed by atoms with Crippen molar-refractivity contribution in [1.82, 2.24) is 15.0 Å². The van der Waals surface area contributed by atoms with E-state index in [-0.39, 0.29) is 5.95 Å². The molecule has 0 radical (unpaired) electrons. The van der Waals surface area contributed by atoms with E-state index in [1.165, 1.54) is 22.9 Å². The standard InChI is InChI=1S/C11H10N4OS2/c1-2-6-5-7-8(17-6)14-10(12)15-9(7)18-11-13-3-4-16-11/h3-5H,2H2,1H3,(H2,12,14,15). The third kappa shape index (κ3) is 2.06. The zero-order valence-electron chi connectivity index (χ0n) is 9.58. The number of hydrogen-bond acceptors (Lipinski definition) is 7. The molecular formula is C11H10N4OS2. The zero-order chi connectivity index (χ0) is 12.5. The summed E-state index contributed by atoms with van der Waals surface area (Å²) in [4.78, 5) is 14.8. The normalized spacial score (nSPS) is 11.2. The quantitative estimate of drug-likeness (QED) is 0.742. The van der Waals surface area contributed by atoms with Crippen LogP contribution in [0.25, 0.3) is 10.2 Å². The minimum Gasteiger partial charge on any atom is -0.440 e. The Balaban J connectivity index is 2.11. The van der Waals surface area contributed by atoms with E-state index in [4.69, 9.17) is 10.2 Å². The van der Waals surface area contributed by atoms with Crippen LogP contribution in [0.4, 0.5) is 5.95 Å². The molecule has 7 heteroatoms. The van der Waals surface area contributed by atoms with Crippen molar-refractivity contribution in [3.05, 3.63) is 23.4 Å². The SMILES string of the molecule is CCc1cc2c(Sc3ncco3)nc(N)nc2s1. The van der Waals surface area contributed by atoms with Crippen LogP contribution in [-0.2, 0) is 6.42 Å². The van der Waals surface area contributed by atoms with E-state index in [1.54, 1.807) is 17.5 Å². The Morgan fingerprint density at radius 2 is 2.33 bits per heavy atom. The summed E-state index contributed by atoms with van der Waals surface area (Å²) in [7, 11) is 0. The fourth-order valence-corrected chi connectivity index (χ4v) is 3.38. The van der Waals surface area contributed by atoms with Crippen molar-refractivity contribution >= 4 is 39.3 Å². The van der Waals surface area contributed by atoms with Crippen LogP contribution >= 0.6 is 23.1 Å². The Labute approximate surface area is 111 Å². The maximum atomic E-state index is 5.72. The molecule has 0 atom stereocenters. The van der Waals surface area contributed by atoms with Crippen molar-refractivity contribution in [3.63, 3.8) is 0 Å². The molecule has 3 rings (SSSR count). The van der Waals surface area contributed by atoms with Gasteiger partial charge in [0.15, 0.2) is 0 Å². The van der Waals surface area contributed by atoms with E-state index in [2.05, 4.69) is 27.9 Å². The highest BCUT2D eigenvalue weighted by molar-refractivity contribution is 7.99. The van der Waals surface area contributed by atoms with Gasteiger partial charge in [-0.15, -0.1) is 11.3 Å². The van der Waals surface area contributed by atoms with Crippen molar-refractivity contribution < 1.29 is 4.42 Å². The zero-order valence-corrected chi connectivity index (χ0v) is 11.2. The summed E-state index contributed by atoms with van der Waals surface area (Å²) >= 11 is 3.00. The molecule has 0 amide bonds. The number of nitrogen functional groups attached to an aromatic ring is 1. The number of aromatic nitrogens is 3. The fourth-order valence-electron chi connectivity index (χ4n) is 1.56. The molecule has 0 bridgehead atoms. The molecule has 2 N–H and O–H groups in total. The van der Waals surface area contributed by atoms with Gasteiger partial charge in [0.25, 0.3) is 5.22 Å². The van der Waals surface area contributed by atoms with Crippen molar-refractivity contribution in [2.75, 3.05) is 5.73 Å². The summed E-state index contributed by atoms with van der Waals surface area (Å²) in [5.74, 6) is 0.279. The molecule has 0 saturated carbocycles. The van der Waals surface area contributed by atoms with Crippen LogP contribution in [-0.4, -0.2) is 15.0 Å². The molecule has 18 heavy (non-hydrogen) atoms. The van der Waals surface area contributed by atoms with Crippen LogP contribution in [0.1, 0.15) is 11.8 Å². The van der Waals surface area contributed by atoms with Gasteiger partial charge in [-0.25, -0.2) is 15.0 Å². The van der Waals surface area contributed by atoms with Gasteiger partial charge in [0, 0.05) is 10.3 Å². The number of anilines is 1. The van der Waals surface area contributed by atoms with E-state index in [9.17, 15) is 0 Å². The molecule has 5 nitrogen and oxygen atoms in total. The molecule has 0 unspecified atom stereocenters. The van der Waals surface area contributed by atoms with Gasteiger partial charge in [-0.1, -0.05) is 6.92 Å². The van der Waals surface area contributed by atoms with Gasteiger partial charge in [-0.3, -0.25) is 0 Å². The van der Waals surface area contributed by atoms with Crippen molar-refractivity contribution in [2.24, 2.45) is 0 Å². The number of thiophene rings is 1. The minimum atomic E-state index is 0.279. The average Bonchev–Trinajstić information content (AvgIpc) is 2.97. The Bertz CT molecular complexity index is 678. The van der Waals surface area contributed by atoms with Crippen LogP contribution < -0.4 is 5.73 Å². The second-order valence-corrected chi connectivity index (χ2v) is 5.63. The third-order valence-electron chi connectivity index (χ3n) is 2.37. The first-order valence-electron chi connectivity index (χ1n) is 5.39. The van der Waals surface area contributed by atoms with Gasteiger partial charge in [0.05, 0.1) is 6.20 Å². The number of hydrogen-bond donors (Lipinski definition) is 1. The molecule has 0 aliphatic heterocycles. The molecule has 92 valence electrons. The molecule has 0 aromatic carbocycles. The predicted molar refractivity (Wildman–Crippen MR) is 71.8 cm³/mol. The smallest absolute Gasteiger partial charge is 0.261 e. The van der Waals surface area contributed by atoms with Gasteiger partial charge in [-0.2, -0.15) is 0 Å². The first-order valence-corrected chi connectivity index (χ1v) is 7.03. The Kier molecular flexibility index (Phi) is 2.92. The average molecular weight is 278 g/mol. The molecule has 0 saturated heterocycles. The van der Waals surface area contributed by atoms with E-state index in [0.717, 1.165) is 21.7 Å². The molecule has 0 aliphatic rings. The Hall–Kier alpha value is -1.60. The maximum absolute atomic E-state index is 5.72. The lowest BCUT2D eigenvalue weighted by atomic mass is 10.3. The van der Waals surface area contributed by atoms with Gasteiger partial charge in [0.2, 0.25) is 5.95 Å². The van der Waals surface area contributed by atoms with Crippen LogP contribution in [0.5, 0.6) is 0 Å². The van der Waals surface area contributed by atoms with Crippen molar-refractivity contribution in [1.29, 1.82) is 0 Å². The number of fused-ring (bicyclic) bond motifs is 1. The third-order valence-corrected chi connectivity index (χ3v) is 4.42. The number of nitrogens with zero attached hydrogens (tertiary/aromatic N) is 3. The van der Waals surface area contributed by atoms with Crippen LogP contribution in [0.3, 0.4) is 0 Å². The maximum Gasteiger partial charge on any atom is 0.261 e. The molecule has 3 aromatic heterocycles. The molecular weight excluding hydrogens is 268 g/mol. The first-order chi connectivity index (χ1) is 8.76. The largest absolute Gasteiger partial charge is 0.440 e. The van der Waals surface area contributed by atoms with E-state index in [0.29, 0.717) is 5.22 Å².